The van der Waals surface area contributed by atoms with Crippen LogP contribution in [-0.4, -0.2) is 9.55 Å². The number of imidazole rings is 1. The molecule has 62 valence electrons. The van der Waals surface area contributed by atoms with E-state index in [4.69, 9.17) is 4.42 Å². The molecule has 0 saturated heterocycles. The Labute approximate surface area is 78.2 Å². The van der Waals surface area contributed by atoms with Gasteiger partial charge in [-0.1, -0.05) is 0 Å². The fourth-order valence-corrected chi connectivity index (χ4v) is 1.35. The van der Waals surface area contributed by atoms with Crippen LogP contribution in [0, 0.1) is 0 Å². The van der Waals surface area contributed by atoms with Crippen molar-refractivity contribution in [2.45, 2.75) is 0 Å². The van der Waals surface area contributed by atoms with E-state index < -0.39 is 0 Å². The first-order valence-electron chi connectivity index (χ1n) is 3.49. The third-order valence-electron chi connectivity index (χ3n) is 1.64. The van der Waals surface area contributed by atoms with E-state index >= 15 is 0 Å². The Kier molecular flexibility index (Phi) is 1.77. The summed E-state index contributed by atoms with van der Waals surface area (Å²) in [4.78, 5) is 4.00. The van der Waals surface area contributed by atoms with Gasteiger partial charge < -0.3 is 8.98 Å². The van der Waals surface area contributed by atoms with E-state index in [1.165, 1.54) is 0 Å². The molecule has 2 aromatic heterocycles. The molecule has 2 aromatic rings. The van der Waals surface area contributed by atoms with Crippen molar-refractivity contribution in [3.8, 4) is 11.5 Å². The number of furan rings is 1. The van der Waals surface area contributed by atoms with Gasteiger partial charge in [-0.25, -0.2) is 4.98 Å². The van der Waals surface area contributed by atoms with Crippen LogP contribution < -0.4 is 0 Å². The standard InChI is InChI=1S/C8H7BrN2O/c1-11-5-10-4-6(11)7-2-3-8(9)12-7/h2-5H,1H3. The van der Waals surface area contributed by atoms with Crippen molar-refractivity contribution in [1.29, 1.82) is 0 Å². The third kappa shape index (κ3) is 1.18. The van der Waals surface area contributed by atoms with E-state index in [0.717, 1.165) is 16.1 Å². The summed E-state index contributed by atoms with van der Waals surface area (Å²) < 4.78 is 8.01. The molecule has 2 heterocycles. The maximum Gasteiger partial charge on any atom is 0.169 e. The van der Waals surface area contributed by atoms with Crippen LogP contribution in [0.4, 0.5) is 0 Å². The zero-order valence-electron chi connectivity index (χ0n) is 6.49. The highest BCUT2D eigenvalue weighted by molar-refractivity contribution is 9.10. The Balaban J connectivity index is 2.50. The first-order valence-corrected chi connectivity index (χ1v) is 4.29. The minimum Gasteiger partial charge on any atom is -0.448 e. The smallest absolute Gasteiger partial charge is 0.169 e. The minimum absolute atomic E-state index is 0.735. The molecule has 0 unspecified atom stereocenters. The normalized spacial score (nSPS) is 10.5. The maximum absolute atomic E-state index is 5.36. The summed E-state index contributed by atoms with van der Waals surface area (Å²) in [5.74, 6) is 0.821. The summed E-state index contributed by atoms with van der Waals surface area (Å²) in [6, 6.07) is 3.77. The molecule has 0 aliphatic carbocycles. The van der Waals surface area contributed by atoms with Crippen molar-refractivity contribution in [2.24, 2.45) is 7.05 Å². The van der Waals surface area contributed by atoms with Gasteiger partial charge in [-0.05, 0) is 28.1 Å². The molecule has 12 heavy (non-hydrogen) atoms. The molecule has 0 aliphatic rings. The number of aromatic nitrogens is 2. The van der Waals surface area contributed by atoms with E-state index in [1.807, 2.05) is 23.7 Å². The second kappa shape index (κ2) is 2.79. The molecule has 4 heteroatoms. The van der Waals surface area contributed by atoms with Crippen molar-refractivity contribution in [2.75, 3.05) is 0 Å². The molecule has 3 nitrogen and oxygen atoms in total. The van der Waals surface area contributed by atoms with Crippen LogP contribution in [-0.2, 0) is 7.05 Å². The quantitative estimate of drug-likeness (QED) is 0.749. The second-order valence-electron chi connectivity index (χ2n) is 2.49. The predicted octanol–water partition coefficient (Wildman–Crippen LogP) is 2.44. The van der Waals surface area contributed by atoms with Gasteiger partial charge in [-0.2, -0.15) is 0 Å². The predicted molar refractivity (Wildman–Crippen MR) is 48.6 cm³/mol. The summed E-state index contributed by atoms with van der Waals surface area (Å²) in [5, 5.41) is 0. The van der Waals surface area contributed by atoms with E-state index in [1.54, 1.807) is 12.5 Å². The van der Waals surface area contributed by atoms with Crippen molar-refractivity contribution in [3.05, 3.63) is 29.3 Å². The van der Waals surface area contributed by atoms with Crippen LogP contribution >= 0.6 is 15.9 Å². The van der Waals surface area contributed by atoms with Crippen molar-refractivity contribution < 1.29 is 4.42 Å². The zero-order chi connectivity index (χ0) is 8.55. The van der Waals surface area contributed by atoms with Crippen LogP contribution in [0.3, 0.4) is 0 Å². The van der Waals surface area contributed by atoms with Gasteiger partial charge in [0.25, 0.3) is 0 Å². The SMILES string of the molecule is Cn1cncc1-c1ccc(Br)o1. The molecule has 0 N–H and O–H groups in total. The molecule has 0 atom stereocenters. The Morgan fingerprint density at radius 2 is 2.33 bits per heavy atom. The summed E-state index contributed by atoms with van der Waals surface area (Å²) in [5.41, 5.74) is 0.973. The van der Waals surface area contributed by atoms with E-state index in [-0.39, 0.29) is 0 Å². The topological polar surface area (TPSA) is 31.0 Å². The van der Waals surface area contributed by atoms with Crippen LogP contribution in [0.15, 0.2) is 33.7 Å². The molecular weight excluding hydrogens is 220 g/mol. The fraction of sp³-hybridized carbons (Fsp3) is 0.125. The van der Waals surface area contributed by atoms with Gasteiger partial charge in [0.2, 0.25) is 0 Å². The van der Waals surface area contributed by atoms with E-state index in [2.05, 4.69) is 20.9 Å². The van der Waals surface area contributed by atoms with Crippen LogP contribution in [0.2, 0.25) is 0 Å². The van der Waals surface area contributed by atoms with Gasteiger partial charge in [0, 0.05) is 7.05 Å². The largest absolute Gasteiger partial charge is 0.448 e. The van der Waals surface area contributed by atoms with Gasteiger partial charge >= 0.3 is 0 Å². The lowest BCUT2D eigenvalue weighted by molar-refractivity contribution is 0.551. The molecule has 0 bridgehead atoms. The molecule has 0 spiro atoms. The van der Waals surface area contributed by atoms with Crippen LogP contribution in [0.5, 0.6) is 0 Å². The highest BCUT2D eigenvalue weighted by Gasteiger charge is 2.05. The average Bonchev–Trinajstić information content (AvgIpc) is 2.58. The number of rotatable bonds is 1. The molecule has 2 rings (SSSR count). The zero-order valence-corrected chi connectivity index (χ0v) is 8.08. The van der Waals surface area contributed by atoms with Crippen molar-refractivity contribution >= 4 is 15.9 Å². The maximum atomic E-state index is 5.36. The molecule has 0 saturated carbocycles. The number of halogens is 1. The minimum atomic E-state index is 0.735. The first-order chi connectivity index (χ1) is 5.77. The van der Waals surface area contributed by atoms with Gasteiger partial charge in [0.1, 0.15) is 5.69 Å². The Morgan fingerprint density at radius 1 is 1.50 bits per heavy atom. The van der Waals surface area contributed by atoms with E-state index in [0.29, 0.717) is 0 Å². The lowest BCUT2D eigenvalue weighted by Crippen LogP contribution is -1.86. The molecule has 0 fully saturated rings. The van der Waals surface area contributed by atoms with Gasteiger partial charge in [-0.3, -0.25) is 0 Å². The molecular formula is C8H7BrN2O. The van der Waals surface area contributed by atoms with Crippen LogP contribution in [0.25, 0.3) is 11.5 Å². The number of nitrogens with zero attached hydrogens (tertiary/aromatic N) is 2. The Bertz CT molecular complexity index is 391. The van der Waals surface area contributed by atoms with E-state index in [9.17, 15) is 0 Å². The van der Waals surface area contributed by atoms with Gasteiger partial charge in [0.15, 0.2) is 10.4 Å². The Hall–Kier alpha value is -1.03. The second-order valence-corrected chi connectivity index (χ2v) is 3.28. The summed E-state index contributed by atoms with van der Waals surface area (Å²) in [6.45, 7) is 0. The van der Waals surface area contributed by atoms with Crippen LogP contribution in [0.1, 0.15) is 0 Å². The molecule has 0 radical (unpaired) electrons. The number of aryl methyl sites for hydroxylation is 1. The first kappa shape index (κ1) is 7.61. The highest BCUT2D eigenvalue weighted by Crippen LogP contribution is 2.23. The number of hydrogen-bond donors (Lipinski definition) is 0. The van der Waals surface area contributed by atoms with Gasteiger partial charge in [-0.15, -0.1) is 0 Å². The lowest BCUT2D eigenvalue weighted by Gasteiger charge is -1.95. The molecule has 0 aromatic carbocycles. The molecule has 0 amide bonds. The Morgan fingerprint density at radius 3 is 2.83 bits per heavy atom. The fourth-order valence-electron chi connectivity index (χ4n) is 1.05. The summed E-state index contributed by atoms with van der Waals surface area (Å²) >= 11 is 3.25. The van der Waals surface area contributed by atoms with Gasteiger partial charge in [0.05, 0.1) is 12.5 Å². The lowest BCUT2D eigenvalue weighted by atomic mass is 10.3. The van der Waals surface area contributed by atoms with Crippen molar-refractivity contribution in [1.82, 2.24) is 9.55 Å². The third-order valence-corrected chi connectivity index (χ3v) is 2.07. The van der Waals surface area contributed by atoms with Crippen molar-refractivity contribution in [3.63, 3.8) is 0 Å². The monoisotopic (exact) mass is 226 g/mol. The summed E-state index contributed by atoms with van der Waals surface area (Å²) in [7, 11) is 1.93. The average molecular weight is 227 g/mol. The highest BCUT2D eigenvalue weighted by atomic mass is 79.9. The molecule has 0 aliphatic heterocycles. The summed E-state index contributed by atoms with van der Waals surface area (Å²) in [6.07, 6.45) is 3.51. The number of hydrogen-bond acceptors (Lipinski definition) is 2.